The second-order valence-corrected chi connectivity index (χ2v) is 11.2. The summed E-state index contributed by atoms with van der Waals surface area (Å²) < 4.78 is 79.3. The van der Waals surface area contributed by atoms with Gasteiger partial charge in [-0.15, -0.1) is 0 Å². The number of benzene rings is 3. The Labute approximate surface area is 218 Å². The normalized spacial score (nSPS) is 13.6. The molecule has 3 aromatic rings. The third kappa shape index (κ3) is 7.83. The maximum absolute atomic E-state index is 13.8. The van der Waals surface area contributed by atoms with Crippen LogP contribution in [0.1, 0.15) is 0 Å². The summed E-state index contributed by atoms with van der Waals surface area (Å²) in [6, 6.07) is 23.8. The molecule has 11 heteroatoms. The molecule has 0 aliphatic carbocycles. The Balaban J connectivity index is 1.76. The van der Waals surface area contributed by atoms with E-state index >= 15 is 0 Å². The van der Waals surface area contributed by atoms with Crippen LogP contribution in [0.25, 0.3) is 0 Å². The molecule has 0 bridgehead atoms. The van der Waals surface area contributed by atoms with Crippen molar-refractivity contribution in [3.63, 3.8) is 0 Å². The Morgan fingerprint density at radius 1 is 0.838 bits per heavy atom. The van der Waals surface area contributed by atoms with Gasteiger partial charge in [-0.3, -0.25) is 4.55 Å². The van der Waals surface area contributed by atoms with Crippen LogP contribution in [-0.2, 0) is 30.5 Å². The van der Waals surface area contributed by atoms with E-state index in [2.05, 4.69) is 6.92 Å². The highest BCUT2D eigenvalue weighted by Gasteiger charge is 2.56. The first-order valence-electron chi connectivity index (χ1n) is 11.2. The Morgan fingerprint density at radius 2 is 1.35 bits per heavy atom. The lowest BCUT2D eigenvalue weighted by Gasteiger charge is -2.17. The second-order valence-electron chi connectivity index (χ2n) is 7.66. The first kappa shape index (κ1) is 28.7. The van der Waals surface area contributed by atoms with E-state index in [1.807, 2.05) is 54.6 Å². The summed E-state index contributed by atoms with van der Waals surface area (Å²) in [5, 5.41) is -4.56. The average molecular weight is 555 g/mol. The predicted molar refractivity (Wildman–Crippen MR) is 136 cm³/mol. The van der Waals surface area contributed by atoms with Gasteiger partial charge in [0.1, 0.15) is 25.0 Å². The molecule has 0 aliphatic rings. The quantitative estimate of drug-likeness (QED) is 0.131. The smallest absolute Gasteiger partial charge is 0.448 e. The van der Waals surface area contributed by atoms with E-state index in [-0.39, 0.29) is 5.75 Å². The van der Waals surface area contributed by atoms with Crippen molar-refractivity contribution in [1.29, 1.82) is 0 Å². The second kappa shape index (κ2) is 13.1. The Morgan fingerprint density at radius 3 is 1.89 bits per heavy atom. The van der Waals surface area contributed by atoms with Gasteiger partial charge in [0, 0.05) is 7.11 Å². The molecule has 0 saturated carbocycles. The van der Waals surface area contributed by atoms with Crippen LogP contribution in [0.15, 0.2) is 93.5 Å². The summed E-state index contributed by atoms with van der Waals surface area (Å²) in [6.45, 7) is 4.91. The highest BCUT2D eigenvalue weighted by Crippen LogP contribution is 2.34. The highest BCUT2D eigenvalue weighted by molar-refractivity contribution is 7.97. The van der Waals surface area contributed by atoms with Crippen LogP contribution in [0, 0.1) is 6.92 Å². The summed E-state index contributed by atoms with van der Waals surface area (Å²) >= 11 is 0. The lowest BCUT2D eigenvalue weighted by molar-refractivity contribution is -0.0108. The van der Waals surface area contributed by atoms with Crippen molar-refractivity contribution in [1.82, 2.24) is 0 Å². The van der Waals surface area contributed by atoms with Crippen molar-refractivity contribution in [2.75, 3.05) is 33.5 Å². The molecule has 0 saturated heterocycles. The molecule has 0 radical (unpaired) electrons. The number of halogens is 2. The third-order valence-corrected chi connectivity index (χ3v) is 8.20. The molecule has 3 aromatic carbocycles. The molecular weight excluding hydrogens is 526 g/mol. The van der Waals surface area contributed by atoms with Gasteiger partial charge in [-0.25, -0.2) is 0 Å². The minimum Gasteiger partial charge on any atom is -0.491 e. The number of alkyl halides is 2. The molecular formula is C26H28F2O7S2+2. The third-order valence-electron chi connectivity index (χ3n) is 5.02. The van der Waals surface area contributed by atoms with Crippen LogP contribution < -0.4 is 9.47 Å². The van der Waals surface area contributed by atoms with E-state index in [0.717, 1.165) is 14.7 Å². The van der Waals surface area contributed by atoms with Crippen LogP contribution in [0.5, 0.6) is 11.5 Å². The largest absolute Gasteiger partial charge is 0.491 e. The Hall–Kier alpha value is -2.83. The average Bonchev–Trinajstić information content (AvgIpc) is 2.88. The van der Waals surface area contributed by atoms with Gasteiger partial charge >= 0.3 is 21.5 Å². The topological polar surface area (TPSA) is 91.3 Å². The van der Waals surface area contributed by atoms with E-state index in [1.54, 1.807) is 19.2 Å². The minimum atomic E-state index is -5.67. The molecule has 2 unspecified atom stereocenters. The van der Waals surface area contributed by atoms with E-state index in [0.29, 0.717) is 32.2 Å². The van der Waals surface area contributed by atoms with Gasteiger partial charge in [0.25, 0.3) is 0 Å². The Bertz CT molecular complexity index is 1210. The van der Waals surface area contributed by atoms with Crippen LogP contribution in [-0.4, -0.2) is 57.9 Å². The fourth-order valence-corrected chi connectivity index (χ4v) is 5.60. The summed E-state index contributed by atoms with van der Waals surface area (Å²) in [6.07, 6.45) is -2.33. The molecule has 0 spiro atoms. The fraction of sp³-hybridized carbons (Fsp3) is 0.269. The van der Waals surface area contributed by atoms with E-state index < -0.39 is 32.4 Å². The van der Waals surface area contributed by atoms with Crippen molar-refractivity contribution < 1.29 is 40.7 Å². The monoisotopic (exact) mass is 554 g/mol. The molecule has 3 rings (SSSR count). The molecule has 0 heterocycles. The molecule has 0 fully saturated rings. The molecule has 7 nitrogen and oxygen atoms in total. The Kier molecular flexibility index (Phi) is 10.2. The van der Waals surface area contributed by atoms with E-state index in [1.165, 1.54) is 12.1 Å². The standard InChI is InChI=1S/C26H27F2O7S2/c1-20(26(27,28)37(29,30)31)35-22-10-14-25(15-11-22)36(23-6-4-3-5-7-23)24-12-8-21(9-13-24)34-19-18-33-17-16-32-2/h3-15,20H,1,16-19H2,2H3/q+1/p+1. The van der Waals surface area contributed by atoms with Crippen LogP contribution in [0.4, 0.5) is 8.78 Å². The van der Waals surface area contributed by atoms with Gasteiger partial charge in [0.15, 0.2) is 14.7 Å². The maximum Gasteiger partial charge on any atom is 0.448 e. The predicted octanol–water partition coefficient (Wildman–Crippen LogP) is 4.89. The van der Waals surface area contributed by atoms with Crippen molar-refractivity contribution in [3.8, 4) is 11.5 Å². The summed E-state index contributed by atoms with van der Waals surface area (Å²) in [7, 11) is -4.60. The van der Waals surface area contributed by atoms with Gasteiger partial charge in [-0.1, -0.05) is 18.2 Å². The van der Waals surface area contributed by atoms with E-state index in [4.69, 9.17) is 23.5 Å². The number of ether oxygens (including phenoxy) is 4. The molecule has 0 amide bonds. The van der Waals surface area contributed by atoms with Crippen molar-refractivity contribution in [3.05, 3.63) is 85.8 Å². The minimum absolute atomic E-state index is 0.0137. The number of methoxy groups -OCH3 is 1. The SMILES string of the molecule is [CH2+]C(Oc1ccc([S+](c2ccccc2)c2ccc(OCCOCCOC)cc2)cc1)C(F)(F)S(=O)(=O)O. The molecule has 1 N–H and O–H groups in total. The molecule has 0 aromatic heterocycles. The number of hydrogen-bond acceptors (Lipinski definition) is 6. The number of hydrogen-bond donors (Lipinski definition) is 1. The zero-order chi connectivity index (χ0) is 26.9. The molecule has 2 atom stereocenters. The van der Waals surface area contributed by atoms with Crippen molar-refractivity contribution in [2.24, 2.45) is 0 Å². The zero-order valence-electron chi connectivity index (χ0n) is 20.1. The maximum atomic E-state index is 13.8. The van der Waals surface area contributed by atoms with Gasteiger partial charge < -0.3 is 18.9 Å². The number of rotatable bonds is 14. The first-order valence-corrected chi connectivity index (χ1v) is 13.8. The first-order chi connectivity index (χ1) is 17.6. The van der Waals surface area contributed by atoms with Crippen molar-refractivity contribution >= 4 is 21.0 Å². The van der Waals surface area contributed by atoms with Gasteiger partial charge in [-0.2, -0.15) is 17.2 Å². The van der Waals surface area contributed by atoms with Crippen molar-refractivity contribution in [2.45, 2.75) is 26.0 Å². The van der Waals surface area contributed by atoms with Gasteiger partial charge in [0.2, 0.25) is 0 Å². The molecule has 198 valence electrons. The fourth-order valence-electron chi connectivity index (χ4n) is 3.15. The lowest BCUT2D eigenvalue weighted by atomic mass is 10.3. The van der Waals surface area contributed by atoms with Gasteiger partial charge in [-0.05, 0) is 60.7 Å². The highest BCUT2D eigenvalue weighted by atomic mass is 32.2. The van der Waals surface area contributed by atoms with Crippen LogP contribution >= 0.6 is 0 Å². The summed E-state index contributed by atoms with van der Waals surface area (Å²) in [4.78, 5) is 2.90. The zero-order valence-corrected chi connectivity index (χ0v) is 21.7. The lowest BCUT2D eigenvalue weighted by Crippen LogP contribution is -2.42. The van der Waals surface area contributed by atoms with E-state index in [9.17, 15) is 17.2 Å². The molecule has 0 aliphatic heterocycles. The van der Waals surface area contributed by atoms with Crippen LogP contribution in [0.3, 0.4) is 0 Å². The summed E-state index contributed by atoms with van der Waals surface area (Å²) in [5.74, 6) is 0.681. The van der Waals surface area contributed by atoms with Crippen LogP contribution in [0.2, 0.25) is 0 Å². The van der Waals surface area contributed by atoms with Gasteiger partial charge in [0.05, 0.1) is 30.7 Å². The molecule has 37 heavy (non-hydrogen) atoms. The summed E-state index contributed by atoms with van der Waals surface area (Å²) in [5.41, 5.74) is 0.